The lowest BCUT2D eigenvalue weighted by atomic mass is 10.1. The van der Waals surface area contributed by atoms with E-state index < -0.39 is 23.6 Å². The van der Waals surface area contributed by atoms with Crippen molar-refractivity contribution in [2.45, 2.75) is 13.1 Å². The van der Waals surface area contributed by atoms with Gasteiger partial charge >= 0.3 is 6.18 Å². The number of pyridine rings is 1. The number of aryl methyl sites for hydroxylation is 1. The van der Waals surface area contributed by atoms with Crippen LogP contribution in [0.5, 0.6) is 0 Å². The molecule has 0 fully saturated rings. The van der Waals surface area contributed by atoms with Gasteiger partial charge in [-0.1, -0.05) is 12.1 Å². The molecule has 0 atom stereocenters. The van der Waals surface area contributed by atoms with Crippen molar-refractivity contribution in [1.29, 1.82) is 0 Å². The summed E-state index contributed by atoms with van der Waals surface area (Å²) >= 11 is 0. The Labute approximate surface area is 164 Å². The summed E-state index contributed by atoms with van der Waals surface area (Å²) < 4.78 is 38.4. The summed E-state index contributed by atoms with van der Waals surface area (Å²) in [6.07, 6.45) is -3.06. The van der Waals surface area contributed by atoms with Gasteiger partial charge in [-0.15, -0.1) is 0 Å². The number of rotatable bonds is 4. The quantitative estimate of drug-likeness (QED) is 0.655. The number of carbonyl (C=O) groups is 2. The lowest BCUT2D eigenvalue weighted by Crippen LogP contribution is -2.15. The topological polar surface area (TPSA) is 71.1 Å². The average Bonchev–Trinajstić information content (AvgIpc) is 2.68. The molecule has 0 aliphatic rings. The molecular formula is C21H16F3N3O2. The largest absolute Gasteiger partial charge is 0.416 e. The van der Waals surface area contributed by atoms with Crippen LogP contribution in [0.15, 0.2) is 66.9 Å². The van der Waals surface area contributed by atoms with Crippen molar-refractivity contribution in [3.63, 3.8) is 0 Å². The molecule has 0 saturated heterocycles. The van der Waals surface area contributed by atoms with Gasteiger partial charge in [-0.25, -0.2) is 0 Å². The predicted molar refractivity (Wildman–Crippen MR) is 103 cm³/mol. The van der Waals surface area contributed by atoms with Gasteiger partial charge in [0.05, 0.1) is 11.1 Å². The first-order valence-electron chi connectivity index (χ1n) is 8.55. The molecule has 3 aromatic rings. The van der Waals surface area contributed by atoms with Gasteiger partial charge in [0.1, 0.15) is 0 Å². The number of hydrogen-bond donors (Lipinski definition) is 2. The van der Waals surface area contributed by atoms with E-state index in [1.54, 1.807) is 31.2 Å². The number of anilines is 2. The van der Waals surface area contributed by atoms with Gasteiger partial charge in [0, 0.05) is 28.8 Å². The molecule has 3 rings (SSSR count). The minimum Gasteiger partial charge on any atom is -0.322 e. The highest BCUT2D eigenvalue weighted by Gasteiger charge is 2.30. The van der Waals surface area contributed by atoms with Crippen molar-refractivity contribution < 1.29 is 22.8 Å². The maximum atomic E-state index is 12.8. The highest BCUT2D eigenvalue weighted by Crippen LogP contribution is 2.30. The monoisotopic (exact) mass is 399 g/mol. The minimum atomic E-state index is -4.50. The summed E-state index contributed by atoms with van der Waals surface area (Å²) in [5.74, 6) is -0.995. The SMILES string of the molecule is Cc1ccc(C(=O)Nc2cccc(C(=O)Nc3cccc(C(F)(F)F)c3)c2)cn1. The van der Waals surface area contributed by atoms with Gasteiger partial charge in [-0.3, -0.25) is 14.6 Å². The number of aromatic nitrogens is 1. The van der Waals surface area contributed by atoms with Crippen molar-refractivity contribution in [2.75, 3.05) is 10.6 Å². The van der Waals surface area contributed by atoms with Gasteiger partial charge in [0.25, 0.3) is 11.8 Å². The molecule has 0 saturated carbocycles. The Bertz CT molecular complexity index is 1050. The van der Waals surface area contributed by atoms with Gasteiger partial charge < -0.3 is 10.6 Å². The number of carbonyl (C=O) groups excluding carboxylic acids is 2. The van der Waals surface area contributed by atoms with Crippen molar-refractivity contribution in [3.8, 4) is 0 Å². The van der Waals surface area contributed by atoms with Gasteiger partial charge in [-0.05, 0) is 55.5 Å². The zero-order valence-electron chi connectivity index (χ0n) is 15.2. The summed E-state index contributed by atoms with van der Waals surface area (Å²) in [4.78, 5) is 28.7. The first-order valence-corrected chi connectivity index (χ1v) is 8.55. The van der Waals surface area contributed by atoms with E-state index in [4.69, 9.17) is 0 Å². The number of hydrogen-bond acceptors (Lipinski definition) is 3. The van der Waals surface area contributed by atoms with Crippen LogP contribution in [0.3, 0.4) is 0 Å². The van der Waals surface area contributed by atoms with Crippen molar-refractivity contribution >= 4 is 23.2 Å². The van der Waals surface area contributed by atoms with Crippen molar-refractivity contribution in [3.05, 3.63) is 89.2 Å². The first-order chi connectivity index (χ1) is 13.7. The Morgan fingerprint density at radius 1 is 0.828 bits per heavy atom. The van der Waals surface area contributed by atoms with E-state index in [0.29, 0.717) is 11.3 Å². The van der Waals surface area contributed by atoms with Crippen LogP contribution in [0, 0.1) is 6.92 Å². The summed E-state index contributed by atoms with van der Waals surface area (Å²) in [6.45, 7) is 1.80. The van der Waals surface area contributed by atoms with Crippen LogP contribution in [0.4, 0.5) is 24.5 Å². The molecule has 2 amide bonds. The molecular weight excluding hydrogens is 383 g/mol. The second-order valence-electron chi connectivity index (χ2n) is 6.26. The summed E-state index contributed by atoms with van der Waals surface area (Å²) in [6, 6.07) is 13.8. The van der Waals surface area contributed by atoms with Crippen LogP contribution < -0.4 is 10.6 Å². The molecule has 0 unspecified atom stereocenters. The number of benzene rings is 2. The lowest BCUT2D eigenvalue weighted by molar-refractivity contribution is -0.137. The Balaban J connectivity index is 1.73. The van der Waals surface area contributed by atoms with E-state index >= 15 is 0 Å². The third kappa shape index (κ3) is 5.19. The second-order valence-corrected chi connectivity index (χ2v) is 6.26. The van der Waals surface area contributed by atoms with E-state index in [0.717, 1.165) is 17.8 Å². The third-order valence-corrected chi connectivity index (χ3v) is 4.00. The lowest BCUT2D eigenvalue weighted by Gasteiger charge is -2.11. The number of nitrogens with one attached hydrogen (secondary N) is 2. The molecule has 1 aromatic heterocycles. The van der Waals surface area contributed by atoms with Crippen LogP contribution in [0.1, 0.15) is 32.0 Å². The fraction of sp³-hybridized carbons (Fsp3) is 0.0952. The zero-order chi connectivity index (χ0) is 21.0. The molecule has 2 N–H and O–H groups in total. The summed E-state index contributed by atoms with van der Waals surface area (Å²) in [5, 5.41) is 5.09. The van der Waals surface area contributed by atoms with Crippen LogP contribution in [0.2, 0.25) is 0 Å². The van der Waals surface area contributed by atoms with Crippen molar-refractivity contribution in [2.24, 2.45) is 0 Å². The van der Waals surface area contributed by atoms with Gasteiger partial charge in [-0.2, -0.15) is 13.2 Å². The van der Waals surface area contributed by atoms with Crippen LogP contribution in [-0.2, 0) is 6.18 Å². The molecule has 2 aromatic carbocycles. The van der Waals surface area contributed by atoms with E-state index in [1.807, 2.05) is 0 Å². The van der Waals surface area contributed by atoms with Crippen LogP contribution in [0.25, 0.3) is 0 Å². The van der Waals surface area contributed by atoms with E-state index in [2.05, 4.69) is 15.6 Å². The maximum Gasteiger partial charge on any atom is 0.416 e. The first kappa shape index (κ1) is 20.1. The van der Waals surface area contributed by atoms with E-state index in [1.165, 1.54) is 30.5 Å². The highest BCUT2D eigenvalue weighted by molar-refractivity contribution is 6.07. The molecule has 1 heterocycles. The minimum absolute atomic E-state index is 0.0185. The van der Waals surface area contributed by atoms with Gasteiger partial charge in [0.2, 0.25) is 0 Å². The number of amides is 2. The number of alkyl halides is 3. The molecule has 5 nitrogen and oxygen atoms in total. The zero-order valence-corrected chi connectivity index (χ0v) is 15.2. The molecule has 8 heteroatoms. The smallest absolute Gasteiger partial charge is 0.322 e. The van der Waals surface area contributed by atoms with Gasteiger partial charge in [0.15, 0.2) is 0 Å². The summed E-state index contributed by atoms with van der Waals surface area (Å²) in [5.41, 5.74) is 0.840. The fourth-order valence-corrected chi connectivity index (χ4v) is 2.52. The van der Waals surface area contributed by atoms with Crippen molar-refractivity contribution in [1.82, 2.24) is 4.98 Å². The van der Waals surface area contributed by atoms with Crippen LogP contribution in [-0.4, -0.2) is 16.8 Å². The molecule has 0 spiro atoms. The van der Waals surface area contributed by atoms with E-state index in [-0.39, 0.29) is 11.3 Å². The van der Waals surface area contributed by atoms with Crippen LogP contribution >= 0.6 is 0 Å². The highest BCUT2D eigenvalue weighted by atomic mass is 19.4. The normalized spacial score (nSPS) is 11.0. The standard InChI is InChI=1S/C21H16F3N3O2/c1-13-8-9-15(12-25-13)20(29)26-17-6-2-4-14(10-17)19(28)27-18-7-3-5-16(11-18)21(22,23)24/h2-12H,1H3,(H,26,29)(H,27,28). The maximum absolute atomic E-state index is 12.8. The number of nitrogens with zero attached hydrogens (tertiary/aromatic N) is 1. The second kappa shape index (κ2) is 8.14. The Hall–Kier alpha value is -3.68. The molecule has 29 heavy (non-hydrogen) atoms. The Morgan fingerprint density at radius 3 is 2.07 bits per heavy atom. The molecule has 0 radical (unpaired) electrons. The fourth-order valence-electron chi connectivity index (χ4n) is 2.52. The molecule has 0 aliphatic heterocycles. The molecule has 0 aliphatic carbocycles. The summed E-state index contributed by atoms with van der Waals surface area (Å²) in [7, 11) is 0. The average molecular weight is 399 g/mol. The molecule has 0 bridgehead atoms. The Kier molecular flexibility index (Phi) is 5.63. The van der Waals surface area contributed by atoms with E-state index in [9.17, 15) is 22.8 Å². The number of halogens is 3. The molecule has 148 valence electrons. The third-order valence-electron chi connectivity index (χ3n) is 4.00. The predicted octanol–water partition coefficient (Wildman–Crippen LogP) is 4.91. The Morgan fingerprint density at radius 2 is 1.45 bits per heavy atom.